The molecule has 0 saturated heterocycles. The van der Waals surface area contributed by atoms with Crippen LogP contribution in [-0.4, -0.2) is 58.3 Å². The summed E-state index contributed by atoms with van der Waals surface area (Å²) in [5, 5.41) is 6.22. The molecule has 0 saturated carbocycles. The van der Waals surface area contributed by atoms with Gasteiger partial charge < -0.3 is 30.1 Å². The van der Waals surface area contributed by atoms with E-state index in [-0.39, 0.29) is 17.6 Å². The molecule has 0 aliphatic carbocycles. The number of methoxy groups -OCH3 is 1. The minimum absolute atomic E-state index is 0.314. The quantitative estimate of drug-likeness (QED) is 0.161. The first-order valence-electron chi connectivity index (χ1n) is 14.8. The molecule has 0 spiro atoms. The monoisotopic (exact) mass is 660 g/mol. The van der Waals surface area contributed by atoms with Crippen LogP contribution in [0.25, 0.3) is 22.3 Å². The average molecular weight is 661 g/mol. The van der Waals surface area contributed by atoms with Crippen LogP contribution in [0.1, 0.15) is 57.8 Å². The highest BCUT2D eigenvalue weighted by atomic mass is 19.1. The molecule has 6 heterocycles. The normalized spacial score (nSPS) is 12.6. The molecule has 2 atom stereocenters. The Morgan fingerprint density at radius 3 is 2.33 bits per heavy atom. The fourth-order valence-electron chi connectivity index (χ4n) is 4.64. The fourth-order valence-corrected chi connectivity index (χ4v) is 4.64. The lowest BCUT2D eigenvalue weighted by atomic mass is 10.1. The first-order valence-corrected chi connectivity index (χ1v) is 14.8. The SMILES string of the molecule is CC(Nc1ccc2[nH]cnc2n1)c1cc(F)c[nH]c1=O.COc1ncc(F)cc1C(C)Nc1ccc2ncn(C(=O)OC(C)(C)C)c2n1. The lowest BCUT2D eigenvalue weighted by Crippen LogP contribution is -2.27. The van der Waals surface area contributed by atoms with Crippen molar-refractivity contribution in [2.45, 2.75) is 52.3 Å². The molecule has 0 bridgehead atoms. The summed E-state index contributed by atoms with van der Waals surface area (Å²) in [7, 11) is 1.47. The van der Waals surface area contributed by atoms with E-state index >= 15 is 0 Å². The predicted molar refractivity (Wildman–Crippen MR) is 175 cm³/mol. The van der Waals surface area contributed by atoms with Crippen LogP contribution in [0.3, 0.4) is 0 Å². The summed E-state index contributed by atoms with van der Waals surface area (Å²) in [5.74, 6) is 0.429. The summed E-state index contributed by atoms with van der Waals surface area (Å²) >= 11 is 0. The third-order valence-electron chi connectivity index (χ3n) is 6.86. The second-order valence-corrected chi connectivity index (χ2v) is 11.7. The molecule has 0 fully saturated rings. The van der Waals surface area contributed by atoms with Gasteiger partial charge in [0.25, 0.3) is 5.56 Å². The molecule has 48 heavy (non-hydrogen) atoms. The third-order valence-corrected chi connectivity index (χ3v) is 6.86. The lowest BCUT2D eigenvalue weighted by Gasteiger charge is -2.19. The van der Waals surface area contributed by atoms with Gasteiger partial charge in [0.05, 0.1) is 37.2 Å². The van der Waals surface area contributed by atoms with Crippen LogP contribution in [-0.2, 0) is 4.74 Å². The van der Waals surface area contributed by atoms with Crippen LogP contribution in [0.4, 0.5) is 25.2 Å². The van der Waals surface area contributed by atoms with E-state index < -0.39 is 23.3 Å². The standard InChI is InChI=1S/C19H22FN5O3.C13H12FN5O/c1-11(13-8-12(20)9-21-17(13)27-5)23-15-7-6-14-16(24-15)25(10-22-14)18(26)28-19(2,3)4;1-7(9-4-8(14)5-15-13(9)20)18-11-3-2-10-12(19-11)17-6-16-10/h6-11H,1-5H3,(H,23,24);2-7H,1H3,(H,15,20)(H2,16,17,18,19). The van der Waals surface area contributed by atoms with Crippen LogP contribution < -0.4 is 20.9 Å². The van der Waals surface area contributed by atoms with E-state index in [1.165, 1.54) is 30.1 Å². The molecular formula is C32H34F2N10O4. The van der Waals surface area contributed by atoms with Crippen molar-refractivity contribution in [3.05, 3.63) is 94.6 Å². The number of halogens is 2. The number of anilines is 2. The number of H-pyrrole nitrogens is 2. The zero-order valence-corrected chi connectivity index (χ0v) is 27.0. The van der Waals surface area contributed by atoms with E-state index in [1.807, 2.05) is 13.0 Å². The summed E-state index contributed by atoms with van der Waals surface area (Å²) in [4.78, 5) is 50.3. The zero-order chi connectivity index (χ0) is 34.6. The van der Waals surface area contributed by atoms with Gasteiger partial charge in [-0.2, -0.15) is 0 Å². The van der Waals surface area contributed by atoms with Crippen molar-refractivity contribution in [3.8, 4) is 5.88 Å². The number of aromatic nitrogens is 8. The third kappa shape index (κ3) is 7.89. The smallest absolute Gasteiger partial charge is 0.421 e. The number of fused-ring (bicyclic) bond motifs is 2. The second kappa shape index (κ2) is 13.8. The molecule has 6 rings (SSSR count). The Morgan fingerprint density at radius 2 is 1.60 bits per heavy atom. The first-order chi connectivity index (χ1) is 22.8. The summed E-state index contributed by atoms with van der Waals surface area (Å²) in [5.41, 5.74) is 2.21. The predicted octanol–water partition coefficient (Wildman–Crippen LogP) is 5.89. The first kappa shape index (κ1) is 33.4. The van der Waals surface area contributed by atoms with Crippen molar-refractivity contribution in [3.63, 3.8) is 0 Å². The van der Waals surface area contributed by atoms with Gasteiger partial charge in [-0.25, -0.2) is 43.1 Å². The molecule has 16 heteroatoms. The summed E-state index contributed by atoms with van der Waals surface area (Å²) in [6, 6.07) is 8.91. The number of imidazole rings is 2. The number of nitrogens with zero attached hydrogens (tertiary/aromatic N) is 6. The molecule has 0 aromatic carbocycles. The van der Waals surface area contributed by atoms with Gasteiger partial charge in [0.1, 0.15) is 40.7 Å². The van der Waals surface area contributed by atoms with E-state index in [2.05, 4.69) is 45.5 Å². The highest BCUT2D eigenvalue weighted by Gasteiger charge is 2.21. The van der Waals surface area contributed by atoms with E-state index in [0.29, 0.717) is 45.5 Å². The van der Waals surface area contributed by atoms with Gasteiger partial charge in [-0.15, -0.1) is 0 Å². The van der Waals surface area contributed by atoms with Crippen LogP contribution in [0.5, 0.6) is 5.88 Å². The number of pyridine rings is 4. The van der Waals surface area contributed by atoms with Gasteiger partial charge in [-0.3, -0.25) is 4.79 Å². The molecule has 14 nitrogen and oxygen atoms in total. The number of ether oxygens (including phenoxy) is 2. The minimum Gasteiger partial charge on any atom is -0.481 e. The molecule has 2 unspecified atom stereocenters. The van der Waals surface area contributed by atoms with Crippen molar-refractivity contribution in [2.24, 2.45) is 0 Å². The van der Waals surface area contributed by atoms with E-state index in [1.54, 1.807) is 52.2 Å². The number of hydrogen-bond donors (Lipinski definition) is 4. The van der Waals surface area contributed by atoms with Gasteiger partial charge in [-0.05, 0) is 71.0 Å². The Balaban J connectivity index is 0.000000198. The number of aromatic amines is 2. The second-order valence-electron chi connectivity index (χ2n) is 11.7. The molecule has 6 aromatic heterocycles. The van der Waals surface area contributed by atoms with Gasteiger partial charge in [0, 0.05) is 17.3 Å². The molecule has 0 aliphatic rings. The van der Waals surface area contributed by atoms with Crippen LogP contribution >= 0.6 is 0 Å². The van der Waals surface area contributed by atoms with Crippen molar-refractivity contribution in [1.82, 2.24) is 39.5 Å². The number of rotatable bonds is 7. The highest BCUT2D eigenvalue weighted by molar-refractivity contribution is 5.85. The molecule has 6 aromatic rings. The zero-order valence-electron chi connectivity index (χ0n) is 27.0. The Kier molecular flexibility index (Phi) is 9.63. The van der Waals surface area contributed by atoms with Gasteiger partial charge in [-0.1, -0.05) is 0 Å². The minimum atomic E-state index is -0.640. The molecule has 4 N–H and O–H groups in total. The maximum absolute atomic E-state index is 13.6. The largest absolute Gasteiger partial charge is 0.481 e. The van der Waals surface area contributed by atoms with Crippen molar-refractivity contribution in [2.75, 3.05) is 17.7 Å². The Hall–Kier alpha value is -5.93. The Morgan fingerprint density at radius 1 is 0.917 bits per heavy atom. The topological polar surface area (TPSA) is 178 Å². The maximum atomic E-state index is 13.6. The van der Waals surface area contributed by atoms with E-state index in [0.717, 1.165) is 17.9 Å². The van der Waals surface area contributed by atoms with Crippen LogP contribution in [0, 0.1) is 11.6 Å². The fraction of sp³-hybridized carbons (Fsp3) is 0.281. The molecule has 250 valence electrons. The summed E-state index contributed by atoms with van der Waals surface area (Å²) in [6.45, 7) is 8.95. The van der Waals surface area contributed by atoms with Crippen LogP contribution in [0.15, 0.2) is 66.2 Å². The lowest BCUT2D eigenvalue weighted by molar-refractivity contribution is 0.0542. The number of carbonyl (C=O) groups is 1. The average Bonchev–Trinajstić information content (AvgIpc) is 3.68. The summed E-state index contributed by atoms with van der Waals surface area (Å²) in [6.07, 6.45) is 4.50. The summed E-state index contributed by atoms with van der Waals surface area (Å²) < 4.78 is 38.6. The van der Waals surface area contributed by atoms with E-state index in [4.69, 9.17) is 9.47 Å². The molecule has 0 amide bonds. The molecular weight excluding hydrogens is 626 g/mol. The van der Waals surface area contributed by atoms with Gasteiger partial charge >= 0.3 is 6.09 Å². The van der Waals surface area contributed by atoms with Gasteiger partial charge in [0.15, 0.2) is 11.3 Å². The van der Waals surface area contributed by atoms with Crippen molar-refractivity contribution < 1.29 is 23.0 Å². The molecule has 0 aliphatic heterocycles. The van der Waals surface area contributed by atoms with E-state index in [9.17, 15) is 18.4 Å². The maximum Gasteiger partial charge on any atom is 0.421 e. The Bertz CT molecular complexity index is 2120. The van der Waals surface area contributed by atoms with Crippen LogP contribution in [0.2, 0.25) is 0 Å². The number of nitrogens with one attached hydrogen (secondary N) is 4. The van der Waals surface area contributed by atoms with Crippen molar-refractivity contribution >= 4 is 40.1 Å². The molecule has 0 radical (unpaired) electrons. The Labute approximate surface area is 273 Å². The number of hydrogen-bond acceptors (Lipinski definition) is 11. The van der Waals surface area contributed by atoms with Gasteiger partial charge in [0.2, 0.25) is 5.88 Å². The van der Waals surface area contributed by atoms with Crippen molar-refractivity contribution in [1.29, 1.82) is 0 Å². The highest BCUT2D eigenvalue weighted by Crippen LogP contribution is 2.27. The number of carbonyl (C=O) groups excluding carboxylic acids is 1.